The number of fused-ring (bicyclic) bond motifs is 3. The monoisotopic (exact) mass is 402 g/mol. The predicted molar refractivity (Wildman–Crippen MR) is 118 cm³/mol. The van der Waals surface area contributed by atoms with E-state index < -0.39 is 0 Å². The zero-order chi connectivity index (χ0) is 20.0. The molecule has 1 atom stereocenters. The molecule has 3 heterocycles. The van der Waals surface area contributed by atoms with Gasteiger partial charge in [0.05, 0.1) is 17.1 Å². The van der Waals surface area contributed by atoms with Gasteiger partial charge in [0, 0.05) is 22.2 Å². The molecule has 1 amide bonds. The molecule has 146 valence electrons. The smallest absolute Gasteiger partial charge is 0.243 e. The molecule has 0 saturated carbocycles. The Balaban J connectivity index is 1.61. The highest BCUT2D eigenvalue weighted by Crippen LogP contribution is 2.35. The van der Waals surface area contributed by atoms with Crippen molar-refractivity contribution >= 4 is 39.0 Å². The van der Waals surface area contributed by atoms with E-state index in [0.29, 0.717) is 10.8 Å². The molecule has 1 aliphatic heterocycles. The van der Waals surface area contributed by atoms with Crippen molar-refractivity contribution in [2.24, 2.45) is 0 Å². The van der Waals surface area contributed by atoms with Gasteiger partial charge in [-0.05, 0) is 54.1 Å². The fraction of sp³-hybridized carbons (Fsp3) is 0.250. The maximum absolute atomic E-state index is 13.5. The number of thiophene rings is 1. The average molecular weight is 403 g/mol. The summed E-state index contributed by atoms with van der Waals surface area (Å²) in [4.78, 5) is 29.8. The molecule has 4 aromatic rings. The van der Waals surface area contributed by atoms with Crippen LogP contribution in [0.15, 0.2) is 64.8 Å². The molecule has 0 bridgehead atoms. The van der Waals surface area contributed by atoms with E-state index in [2.05, 4.69) is 18.4 Å². The number of carbonyl (C=O) groups is 1. The maximum Gasteiger partial charge on any atom is 0.243 e. The largest absolute Gasteiger partial charge is 0.334 e. The number of rotatable bonds is 3. The Kier molecular flexibility index (Phi) is 4.47. The lowest BCUT2D eigenvalue weighted by Crippen LogP contribution is -2.41. The van der Waals surface area contributed by atoms with Gasteiger partial charge < -0.3 is 9.47 Å². The van der Waals surface area contributed by atoms with E-state index in [1.54, 1.807) is 11.3 Å². The molecule has 5 heteroatoms. The fourth-order valence-corrected chi connectivity index (χ4v) is 5.54. The van der Waals surface area contributed by atoms with E-state index in [1.165, 1.54) is 10.4 Å². The highest BCUT2D eigenvalue weighted by molar-refractivity contribution is 7.10. The van der Waals surface area contributed by atoms with Gasteiger partial charge in [0.25, 0.3) is 0 Å². The van der Waals surface area contributed by atoms with Crippen molar-refractivity contribution in [1.82, 2.24) is 9.47 Å². The number of amides is 1. The first kappa shape index (κ1) is 18.1. The van der Waals surface area contributed by atoms with Crippen molar-refractivity contribution < 1.29 is 4.79 Å². The molecule has 5 rings (SSSR count). The summed E-state index contributed by atoms with van der Waals surface area (Å²) in [5.41, 5.74) is 2.94. The lowest BCUT2D eigenvalue weighted by atomic mass is 9.97. The van der Waals surface area contributed by atoms with Crippen LogP contribution in [0.5, 0.6) is 0 Å². The van der Waals surface area contributed by atoms with Crippen molar-refractivity contribution in [3.05, 3.63) is 80.6 Å². The van der Waals surface area contributed by atoms with Crippen LogP contribution >= 0.6 is 11.3 Å². The molecular weight excluding hydrogens is 380 g/mol. The Morgan fingerprint density at radius 3 is 2.34 bits per heavy atom. The SMILES string of the molecule is CCC1c2ccsc2CCN1C(=O)Cn1c2ccccc2c(=O)c2ccccc21. The summed E-state index contributed by atoms with van der Waals surface area (Å²) in [5, 5.41) is 3.44. The van der Waals surface area contributed by atoms with Crippen molar-refractivity contribution in [3.8, 4) is 0 Å². The Morgan fingerprint density at radius 1 is 1.03 bits per heavy atom. The number of para-hydroxylation sites is 2. The second kappa shape index (κ2) is 7.16. The number of hydrogen-bond acceptors (Lipinski definition) is 3. The summed E-state index contributed by atoms with van der Waals surface area (Å²) in [6, 6.07) is 17.4. The van der Waals surface area contributed by atoms with Crippen LogP contribution in [0.3, 0.4) is 0 Å². The first-order chi connectivity index (χ1) is 14.2. The Hall–Kier alpha value is -2.92. The number of benzene rings is 2. The molecule has 0 spiro atoms. The second-order valence-electron chi connectivity index (χ2n) is 7.51. The van der Waals surface area contributed by atoms with E-state index >= 15 is 0 Å². The molecule has 2 aromatic heterocycles. The fourth-order valence-electron chi connectivity index (χ4n) is 4.61. The third-order valence-corrected chi connectivity index (χ3v) is 6.97. The van der Waals surface area contributed by atoms with Crippen LogP contribution in [0, 0.1) is 0 Å². The van der Waals surface area contributed by atoms with Gasteiger partial charge in [-0.25, -0.2) is 0 Å². The van der Waals surface area contributed by atoms with Crippen LogP contribution in [0.25, 0.3) is 21.8 Å². The molecule has 0 aliphatic carbocycles. The van der Waals surface area contributed by atoms with E-state index in [9.17, 15) is 9.59 Å². The summed E-state index contributed by atoms with van der Waals surface area (Å²) in [6.45, 7) is 3.13. The maximum atomic E-state index is 13.5. The van der Waals surface area contributed by atoms with Gasteiger partial charge >= 0.3 is 0 Å². The van der Waals surface area contributed by atoms with E-state index in [1.807, 2.05) is 58.0 Å². The lowest BCUT2D eigenvalue weighted by Gasteiger charge is -2.36. The second-order valence-corrected chi connectivity index (χ2v) is 8.51. The Labute approximate surface area is 173 Å². The van der Waals surface area contributed by atoms with E-state index in [4.69, 9.17) is 0 Å². The lowest BCUT2D eigenvalue weighted by molar-refractivity contribution is -0.134. The zero-order valence-corrected chi connectivity index (χ0v) is 17.1. The van der Waals surface area contributed by atoms with Gasteiger partial charge in [-0.1, -0.05) is 31.2 Å². The van der Waals surface area contributed by atoms with Gasteiger partial charge in [-0.3, -0.25) is 9.59 Å². The summed E-state index contributed by atoms with van der Waals surface area (Å²) in [6.07, 6.45) is 1.82. The predicted octanol–water partition coefficient (Wildman–Crippen LogP) is 4.75. The van der Waals surface area contributed by atoms with Crippen molar-refractivity contribution in [2.45, 2.75) is 32.4 Å². The van der Waals surface area contributed by atoms with Crippen LogP contribution in [0.1, 0.15) is 29.8 Å². The molecule has 0 radical (unpaired) electrons. The Bertz CT molecular complexity index is 1230. The van der Waals surface area contributed by atoms with E-state index in [0.717, 1.165) is 30.4 Å². The average Bonchev–Trinajstić information content (AvgIpc) is 3.24. The van der Waals surface area contributed by atoms with Gasteiger partial charge in [0.15, 0.2) is 5.43 Å². The summed E-state index contributed by atoms with van der Waals surface area (Å²) in [7, 11) is 0. The molecule has 0 fully saturated rings. The molecule has 2 aromatic carbocycles. The molecular formula is C24H22N2O2S. The van der Waals surface area contributed by atoms with Gasteiger partial charge in [-0.2, -0.15) is 0 Å². The van der Waals surface area contributed by atoms with Gasteiger partial charge in [0.2, 0.25) is 5.91 Å². The zero-order valence-electron chi connectivity index (χ0n) is 16.3. The van der Waals surface area contributed by atoms with E-state index in [-0.39, 0.29) is 23.9 Å². The normalized spacial score (nSPS) is 16.3. The third kappa shape index (κ3) is 2.88. The van der Waals surface area contributed by atoms with Crippen molar-refractivity contribution in [3.63, 3.8) is 0 Å². The number of aromatic nitrogens is 1. The number of carbonyl (C=O) groups excluding carboxylic acids is 1. The minimum atomic E-state index is 0.0206. The van der Waals surface area contributed by atoms with Gasteiger partial charge in [-0.15, -0.1) is 11.3 Å². The molecule has 4 nitrogen and oxygen atoms in total. The van der Waals surface area contributed by atoms with Crippen LogP contribution in [0.4, 0.5) is 0 Å². The number of pyridine rings is 1. The van der Waals surface area contributed by atoms with Crippen molar-refractivity contribution in [1.29, 1.82) is 0 Å². The highest BCUT2D eigenvalue weighted by Gasteiger charge is 2.30. The highest BCUT2D eigenvalue weighted by atomic mass is 32.1. The van der Waals surface area contributed by atoms with Crippen LogP contribution < -0.4 is 5.43 Å². The standard InChI is InChI=1S/C24H22N2O2S/c1-2-19-16-12-14-29-22(16)11-13-25(19)23(27)15-26-20-9-5-3-7-17(20)24(28)18-8-4-6-10-21(18)26/h3-10,12,14,19H,2,11,13,15H2,1H3. The number of hydrogen-bond donors (Lipinski definition) is 0. The minimum absolute atomic E-state index is 0.0206. The van der Waals surface area contributed by atoms with Gasteiger partial charge in [0.1, 0.15) is 6.54 Å². The van der Waals surface area contributed by atoms with Crippen LogP contribution in [-0.4, -0.2) is 21.9 Å². The third-order valence-electron chi connectivity index (χ3n) is 5.97. The summed E-state index contributed by atoms with van der Waals surface area (Å²) in [5.74, 6) is 0.104. The number of nitrogens with zero attached hydrogens (tertiary/aromatic N) is 2. The molecule has 1 unspecified atom stereocenters. The molecule has 29 heavy (non-hydrogen) atoms. The molecule has 0 saturated heterocycles. The minimum Gasteiger partial charge on any atom is -0.334 e. The van der Waals surface area contributed by atoms with Crippen LogP contribution in [0.2, 0.25) is 0 Å². The first-order valence-corrected chi connectivity index (χ1v) is 10.9. The summed E-state index contributed by atoms with van der Waals surface area (Å²) >= 11 is 1.79. The molecule has 0 N–H and O–H groups in total. The quantitative estimate of drug-likeness (QED) is 0.464. The van der Waals surface area contributed by atoms with Crippen LogP contribution in [-0.2, 0) is 17.8 Å². The topological polar surface area (TPSA) is 42.3 Å². The molecule has 1 aliphatic rings. The summed E-state index contributed by atoms with van der Waals surface area (Å²) < 4.78 is 2.00. The first-order valence-electron chi connectivity index (χ1n) is 10.0. The Morgan fingerprint density at radius 2 is 1.69 bits per heavy atom. The van der Waals surface area contributed by atoms with Crippen molar-refractivity contribution in [2.75, 3.05) is 6.54 Å².